The van der Waals surface area contributed by atoms with Gasteiger partial charge in [0.25, 0.3) is 0 Å². The number of nitrogens with one attached hydrogen (secondary N) is 2. The fourth-order valence-electron chi connectivity index (χ4n) is 1.99. The number of benzene rings is 2. The van der Waals surface area contributed by atoms with Crippen LogP contribution in [0.3, 0.4) is 0 Å². The summed E-state index contributed by atoms with van der Waals surface area (Å²) in [6.07, 6.45) is 0. The molecule has 126 valence electrons. The van der Waals surface area contributed by atoms with E-state index in [1.54, 1.807) is 43.3 Å². The summed E-state index contributed by atoms with van der Waals surface area (Å²) in [4.78, 5) is 23.4. The molecule has 0 aliphatic rings. The van der Waals surface area contributed by atoms with E-state index in [0.717, 1.165) is 11.3 Å². The van der Waals surface area contributed by atoms with Gasteiger partial charge in [0.2, 0.25) is 5.91 Å². The van der Waals surface area contributed by atoms with E-state index in [2.05, 4.69) is 10.6 Å². The van der Waals surface area contributed by atoms with Crippen molar-refractivity contribution in [2.45, 2.75) is 13.5 Å². The second-order valence-corrected chi connectivity index (χ2v) is 5.49. The summed E-state index contributed by atoms with van der Waals surface area (Å²) in [5.41, 5.74) is 2.21. The summed E-state index contributed by atoms with van der Waals surface area (Å²) in [6, 6.07) is 14.1. The number of carbonyl (C=O) groups excluding carboxylic acids is 2. The summed E-state index contributed by atoms with van der Waals surface area (Å²) < 4.78 is 4.92. The van der Waals surface area contributed by atoms with E-state index in [9.17, 15) is 9.59 Å². The van der Waals surface area contributed by atoms with E-state index in [1.807, 2.05) is 12.1 Å². The van der Waals surface area contributed by atoms with Gasteiger partial charge in [-0.15, -0.1) is 0 Å². The Labute approximate surface area is 146 Å². The van der Waals surface area contributed by atoms with Gasteiger partial charge in [-0.05, 0) is 48.9 Å². The zero-order chi connectivity index (χ0) is 17.4. The molecular weight excluding hydrogens is 328 g/mol. The third-order valence-corrected chi connectivity index (χ3v) is 3.50. The third kappa shape index (κ3) is 5.59. The molecule has 0 saturated heterocycles. The second kappa shape index (κ2) is 8.93. The molecule has 0 spiro atoms. The first-order valence-electron chi connectivity index (χ1n) is 7.60. The van der Waals surface area contributed by atoms with Crippen molar-refractivity contribution in [3.05, 3.63) is 64.7 Å². The van der Waals surface area contributed by atoms with Crippen molar-refractivity contribution in [1.82, 2.24) is 5.32 Å². The molecule has 2 N–H and O–H groups in total. The van der Waals surface area contributed by atoms with Crippen LogP contribution in [-0.2, 0) is 16.1 Å². The van der Waals surface area contributed by atoms with Crippen LogP contribution < -0.4 is 10.6 Å². The molecule has 0 unspecified atom stereocenters. The van der Waals surface area contributed by atoms with Crippen molar-refractivity contribution in [1.29, 1.82) is 0 Å². The van der Waals surface area contributed by atoms with Gasteiger partial charge in [-0.3, -0.25) is 4.79 Å². The molecule has 5 nitrogen and oxygen atoms in total. The number of anilines is 1. The van der Waals surface area contributed by atoms with Crippen molar-refractivity contribution in [3.63, 3.8) is 0 Å². The first kappa shape index (κ1) is 17.8. The van der Waals surface area contributed by atoms with E-state index in [0.29, 0.717) is 23.7 Å². The van der Waals surface area contributed by atoms with E-state index in [-0.39, 0.29) is 18.4 Å². The molecule has 0 saturated carbocycles. The highest BCUT2D eigenvalue weighted by Crippen LogP contribution is 2.11. The molecule has 0 aliphatic carbocycles. The van der Waals surface area contributed by atoms with Gasteiger partial charge in [0.05, 0.1) is 18.7 Å². The minimum absolute atomic E-state index is 0.126. The lowest BCUT2D eigenvalue weighted by molar-refractivity contribution is -0.119. The number of esters is 1. The highest BCUT2D eigenvalue weighted by Gasteiger charge is 2.06. The molecule has 0 bridgehead atoms. The summed E-state index contributed by atoms with van der Waals surface area (Å²) >= 11 is 5.81. The van der Waals surface area contributed by atoms with Crippen LogP contribution in [0.4, 0.5) is 5.69 Å². The zero-order valence-corrected chi connectivity index (χ0v) is 14.1. The van der Waals surface area contributed by atoms with E-state index in [1.165, 1.54) is 0 Å². The number of carbonyl (C=O) groups is 2. The first-order chi connectivity index (χ1) is 11.6. The summed E-state index contributed by atoms with van der Waals surface area (Å²) in [6.45, 7) is 2.69. The van der Waals surface area contributed by atoms with Crippen molar-refractivity contribution >= 4 is 29.2 Å². The van der Waals surface area contributed by atoms with Crippen LogP contribution >= 0.6 is 11.6 Å². The van der Waals surface area contributed by atoms with Crippen molar-refractivity contribution < 1.29 is 14.3 Å². The molecule has 2 rings (SSSR count). The van der Waals surface area contributed by atoms with Crippen LogP contribution in [0.25, 0.3) is 0 Å². The van der Waals surface area contributed by atoms with E-state index in [4.69, 9.17) is 16.3 Å². The first-order valence-corrected chi connectivity index (χ1v) is 7.98. The van der Waals surface area contributed by atoms with Gasteiger partial charge in [-0.1, -0.05) is 23.7 Å². The Bertz CT molecular complexity index is 684. The average molecular weight is 347 g/mol. The second-order valence-electron chi connectivity index (χ2n) is 5.05. The summed E-state index contributed by atoms with van der Waals surface area (Å²) in [7, 11) is 0. The number of halogens is 1. The molecule has 0 aliphatic heterocycles. The summed E-state index contributed by atoms with van der Waals surface area (Å²) in [5.74, 6) is -0.482. The summed E-state index contributed by atoms with van der Waals surface area (Å²) in [5, 5.41) is 6.48. The predicted octanol–water partition coefficient (Wildman–Crippen LogP) is 3.25. The number of hydrogen-bond acceptors (Lipinski definition) is 4. The Hall–Kier alpha value is -2.53. The van der Waals surface area contributed by atoms with E-state index >= 15 is 0 Å². The zero-order valence-electron chi connectivity index (χ0n) is 13.3. The minimum Gasteiger partial charge on any atom is -0.462 e. The van der Waals surface area contributed by atoms with Crippen LogP contribution in [0, 0.1) is 0 Å². The lowest BCUT2D eigenvalue weighted by Gasteiger charge is -2.09. The highest BCUT2D eigenvalue weighted by atomic mass is 35.5. The maximum atomic E-state index is 11.8. The maximum absolute atomic E-state index is 11.8. The molecular formula is C18H19ClN2O3. The third-order valence-electron chi connectivity index (χ3n) is 3.25. The smallest absolute Gasteiger partial charge is 0.338 e. The predicted molar refractivity (Wildman–Crippen MR) is 94.2 cm³/mol. The topological polar surface area (TPSA) is 67.4 Å². The van der Waals surface area contributed by atoms with Crippen LogP contribution in [0.1, 0.15) is 22.8 Å². The molecule has 0 atom stereocenters. The van der Waals surface area contributed by atoms with Crippen LogP contribution in [0.2, 0.25) is 5.02 Å². The van der Waals surface area contributed by atoms with Gasteiger partial charge in [0, 0.05) is 17.3 Å². The van der Waals surface area contributed by atoms with Crippen LogP contribution in [0.5, 0.6) is 0 Å². The van der Waals surface area contributed by atoms with Crippen LogP contribution in [0.15, 0.2) is 48.5 Å². The Morgan fingerprint density at radius 2 is 1.71 bits per heavy atom. The highest BCUT2D eigenvalue weighted by molar-refractivity contribution is 6.30. The molecule has 0 radical (unpaired) electrons. The van der Waals surface area contributed by atoms with Gasteiger partial charge in [-0.25, -0.2) is 4.79 Å². The van der Waals surface area contributed by atoms with E-state index < -0.39 is 0 Å². The number of ether oxygens (including phenoxy) is 1. The quantitative estimate of drug-likeness (QED) is 0.755. The Balaban J connectivity index is 1.77. The lowest BCUT2D eigenvalue weighted by Crippen LogP contribution is -2.29. The minimum atomic E-state index is -0.357. The Morgan fingerprint density at radius 1 is 1.04 bits per heavy atom. The van der Waals surface area contributed by atoms with Gasteiger partial charge < -0.3 is 15.4 Å². The van der Waals surface area contributed by atoms with Crippen molar-refractivity contribution in [3.8, 4) is 0 Å². The molecule has 6 heteroatoms. The molecule has 0 aromatic heterocycles. The Morgan fingerprint density at radius 3 is 2.33 bits per heavy atom. The normalized spacial score (nSPS) is 10.1. The largest absolute Gasteiger partial charge is 0.462 e. The van der Waals surface area contributed by atoms with Crippen molar-refractivity contribution in [2.24, 2.45) is 0 Å². The number of amides is 1. The fraction of sp³-hybridized carbons (Fsp3) is 0.222. The molecule has 0 heterocycles. The monoisotopic (exact) mass is 346 g/mol. The van der Waals surface area contributed by atoms with Gasteiger partial charge >= 0.3 is 5.97 Å². The van der Waals surface area contributed by atoms with Crippen molar-refractivity contribution in [2.75, 3.05) is 18.5 Å². The number of rotatable bonds is 7. The SMILES string of the molecule is CCOC(=O)c1ccc(NCC(=O)NCc2ccc(Cl)cc2)cc1. The fourth-order valence-corrected chi connectivity index (χ4v) is 2.11. The van der Waals surface area contributed by atoms with Gasteiger partial charge in [0.15, 0.2) is 0 Å². The lowest BCUT2D eigenvalue weighted by atomic mass is 10.2. The molecule has 1 amide bonds. The molecule has 2 aromatic rings. The Kier molecular flexibility index (Phi) is 6.63. The van der Waals surface area contributed by atoms with Crippen LogP contribution in [-0.4, -0.2) is 25.0 Å². The average Bonchev–Trinajstić information content (AvgIpc) is 2.60. The molecule has 2 aromatic carbocycles. The maximum Gasteiger partial charge on any atom is 0.338 e. The molecule has 24 heavy (non-hydrogen) atoms. The van der Waals surface area contributed by atoms with Gasteiger partial charge in [0.1, 0.15) is 0 Å². The molecule has 0 fully saturated rings. The van der Waals surface area contributed by atoms with Gasteiger partial charge in [-0.2, -0.15) is 0 Å². The standard InChI is InChI=1S/C18H19ClN2O3/c1-2-24-18(23)14-5-9-16(10-6-14)20-12-17(22)21-11-13-3-7-15(19)8-4-13/h3-10,20H,2,11-12H2,1H3,(H,21,22). The number of hydrogen-bond donors (Lipinski definition) is 2.